The minimum Gasteiger partial charge on any atom is -0.505 e. The Bertz CT molecular complexity index is 868. The first-order valence-corrected chi connectivity index (χ1v) is 7.51. The molecular formula is C18H17FN4O. The summed E-state index contributed by atoms with van der Waals surface area (Å²) >= 11 is 0. The quantitative estimate of drug-likeness (QED) is 0.767. The first-order valence-electron chi connectivity index (χ1n) is 7.51. The van der Waals surface area contributed by atoms with Gasteiger partial charge in [-0.1, -0.05) is 6.07 Å². The maximum Gasteiger partial charge on any atom is 0.165 e. The van der Waals surface area contributed by atoms with Crippen LogP contribution in [0.5, 0.6) is 5.75 Å². The maximum absolute atomic E-state index is 13.4. The number of benzene rings is 1. The summed E-state index contributed by atoms with van der Waals surface area (Å²) in [7, 11) is 0. The van der Waals surface area contributed by atoms with Crippen LogP contribution < -0.4 is 5.32 Å². The maximum atomic E-state index is 13.4. The van der Waals surface area contributed by atoms with Gasteiger partial charge in [-0.2, -0.15) is 0 Å². The summed E-state index contributed by atoms with van der Waals surface area (Å²) < 4.78 is 13.4. The molecule has 0 aliphatic heterocycles. The van der Waals surface area contributed by atoms with E-state index < -0.39 is 5.82 Å². The number of aromatic nitrogens is 3. The Morgan fingerprint density at radius 1 is 1.08 bits per heavy atom. The number of nitrogens with zero attached hydrogens (tertiary/aromatic N) is 3. The molecule has 0 spiro atoms. The second-order valence-electron chi connectivity index (χ2n) is 5.48. The standard InChI is InChI=1S/C18H17FN4O/c1-11-12(2)22-18(14-5-7-20-8-6-14)23-17(11)21-10-13-3-4-16(24)15(19)9-13/h3-9,24H,10H2,1-2H3,(H,21,22,23). The van der Waals surface area contributed by atoms with Crippen LogP contribution in [0.1, 0.15) is 16.8 Å². The molecular weight excluding hydrogens is 307 g/mol. The zero-order valence-electron chi connectivity index (χ0n) is 13.4. The number of aryl methyl sites for hydroxylation is 1. The summed E-state index contributed by atoms with van der Waals surface area (Å²) in [6.07, 6.45) is 3.39. The van der Waals surface area contributed by atoms with Crippen molar-refractivity contribution in [1.29, 1.82) is 0 Å². The van der Waals surface area contributed by atoms with Crippen LogP contribution in [0.4, 0.5) is 10.2 Å². The fourth-order valence-electron chi connectivity index (χ4n) is 2.28. The lowest BCUT2D eigenvalue weighted by atomic mass is 10.2. The number of anilines is 1. The van der Waals surface area contributed by atoms with Crippen LogP contribution in [-0.4, -0.2) is 20.1 Å². The van der Waals surface area contributed by atoms with Gasteiger partial charge in [0, 0.05) is 35.8 Å². The zero-order chi connectivity index (χ0) is 17.1. The van der Waals surface area contributed by atoms with Crippen LogP contribution in [0, 0.1) is 19.7 Å². The molecule has 0 unspecified atom stereocenters. The second kappa shape index (κ2) is 6.62. The molecule has 0 saturated carbocycles. The van der Waals surface area contributed by atoms with Gasteiger partial charge in [0.2, 0.25) is 0 Å². The van der Waals surface area contributed by atoms with Crippen molar-refractivity contribution in [3.63, 3.8) is 0 Å². The van der Waals surface area contributed by atoms with Crippen molar-refractivity contribution in [2.75, 3.05) is 5.32 Å². The molecule has 2 heterocycles. The Labute approximate surface area is 139 Å². The predicted molar refractivity (Wildman–Crippen MR) is 90.1 cm³/mol. The summed E-state index contributed by atoms with van der Waals surface area (Å²) in [6.45, 7) is 4.25. The SMILES string of the molecule is Cc1nc(-c2ccncc2)nc(NCc2ccc(O)c(F)c2)c1C. The molecule has 0 radical (unpaired) electrons. The molecule has 5 nitrogen and oxygen atoms in total. The first kappa shape index (κ1) is 15.9. The monoisotopic (exact) mass is 324 g/mol. The molecule has 2 N–H and O–H groups in total. The third kappa shape index (κ3) is 3.32. The van der Waals surface area contributed by atoms with E-state index in [1.807, 2.05) is 26.0 Å². The van der Waals surface area contributed by atoms with Gasteiger partial charge < -0.3 is 10.4 Å². The highest BCUT2D eigenvalue weighted by Crippen LogP contribution is 2.22. The first-order chi connectivity index (χ1) is 11.5. The largest absolute Gasteiger partial charge is 0.505 e. The lowest BCUT2D eigenvalue weighted by molar-refractivity contribution is 0.432. The van der Waals surface area contributed by atoms with Crippen molar-refractivity contribution < 1.29 is 9.50 Å². The Morgan fingerprint density at radius 2 is 1.83 bits per heavy atom. The van der Waals surface area contributed by atoms with Crippen LogP contribution in [0.25, 0.3) is 11.4 Å². The van der Waals surface area contributed by atoms with E-state index in [1.54, 1.807) is 18.5 Å². The third-order valence-corrected chi connectivity index (χ3v) is 3.80. The van der Waals surface area contributed by atoms with Gasteiger partial charge in [0.25, 0.3) is 0 Å². The van der Waals surface area contributed by atoms with Crippen molar-refractivity contribution in [3.05, 3.63) is 65.4 Å². The Kier molecular flexibility index (Phi) is 4.37. The van der Waals surface area contributed by atoms with Crippen LogP contribution >= 0.6 is 0 Å². The van der Waals surface area contributed by atoms with Gasteiger partial charge in [-0.3, -0.25) is 4.98 Å². The van der Waals surface area contributed by atoms with Gasteiger partial charge in [0.1, 0.15) is 5.82 Å². The molecule has 3 rings (SSSR count). The summed E-state index contributed by atoms with van der Waals surface area (Å²) in [5.41, 5.74) is 3.40. The summed E-state index contributed by atoms with van der Waals surface area (Å²) in [5.74, 6) is 0.317. The van der Waals surface area contributed by atoms with Crippen LogP contribution in [0.3, 0.4) is 0 Å². The van der Waals surface area contributed by atoms with Crippen LogP contribution in [0.2, 0.25) is 0 Å². The highest BCUT2D eigenvalue weighted by atomic mass is 19.1. The number of hydrogen-bond acceptors (Lipinski definition) is 5. The Morgan fingerprint density at radius 3 is 2.54 bits per heavy atom. The Hall–Kier alpha value is -3.02. The van der Waals surface area contributed by atoms with E-state index in [9.17, 15) is 9.50 Å². The summed E-state index contributed by atoms with van der Waals surface area (Å²) in [5, 5.41) is 12.5. The molecule has 3 aromatic rings. The minimum atomic E-state index is -0.637. The van der Waals surface area contributed by atoms with Crippen molar-refractivity contribution in [3.8, 4) is 17.1 Å². The van der Waals surface area contributed by atoms with Gasteiger partial charge in [-0.15, -0.1) is 0 Å². The van der Waals surface area contributed by atoms with Gasteiger partial charge in [0.15, 0.2) is 17.4 Å². The van der Waals surface area contributed by atoms with Gasteiger partial charge in [0.05, 0.1) is 0 Å². The molecule has 0 amide bonds. The van der Waals surface area contributed by atoms with E-state index >= 15 is 0 Å². The second-order valence-corrected chi connectivity index (χ2v) is 5.48. The van der Waals surface area contributed by atoms with Gasteiger partial charge in [-0.25, -0.2) is 14.4 Å². The van der Waals surface area contributed by atoms with Crippen molar-refractivity contribution in [1.82, 2.24) is 15.0 Å². The van der Waals surface area contributed by atoms with Crippen molar-refractivity contribution in [2.24, 2.45) is 0 Å². The van der Waals surface area contributed by atoms with Gasteiger partial charge in [-0.05, 0) is 43.7 Å². The van der Waals surface area contributed by atoms with E-state index in [0.29, 0.717) is 23.8 Å². The average molecular weight is 324 g/mol. The molecule has 0 aliphatic rings. The molecule has 1 aromatic carbocycles. The highest BCUT2D eigenvalue weighted by Gasteiger charge is 2.10. The van der Waals surface area contributed by atoms with Crippen LogP contribution in [0.15, 0.2) is 42.7 Å². The molecule has 122 valence electrons. The number of nitrogens with one attached hydrogen (secondary N) is 1. The molecule has 0 atom stereocenters. The van der Waals surface area contributed by atoms with E-state index in [-0.39, 0.29) is 5.75 Å². The highest BCUT2D eigenvalue weighted by molar-refractivity contribution is 5.59. The molecule has 0 fully saturated rings. The molecule has 0 aliphatic carbocycles. The third-order valence-electron chi connectivity index (χ3n) is 3.80. The molecule has 6 heteroatoms. The summed E-state index contributed by atoms with van der Waals surface area (Å²) in [4.78, 5) is 13.1. The molecule has 2 aromatic heterocycles. The number of aromatic hydroxyl groups is 1. The molecule has 0 saturated heterocycles. The van der Waals surface area contributed by atoms with E-state index in [2.05, 4.69) is 20.3 Å². The zero-order valence-corrected chi connectivity index (χ0v) is 13.4. The molecule has 0 bridgehead atoms. The number of pyridine rings is 1. The minimum absolute atomic E-state index is 0.354. The fourth-order valence-corrected chi connectivity index (χ4v) is 2.28. The number of hydrogen-bond donors (Lipinski definition) is 2. The van der Waals surface area contributed by atoms with Crippen molar-refractivity contribution >= 4 is 5.82 Å². The summed E-state index contributed by atoms with van der Waals surface area (Å²) in [6, 6.07) is 8.01. The number of phenolic OH excluding ortho intramolecular Hbond substituents is 1. The van der Waals surface area contributed by atoms with E-state index in [4.69, 9.17) is 0 Å². The average Bonchev–Trinajstić information content (AvgIpc) is 2.60. The topological polar surface area (TPSA) is 70.9 Å². The number of halogens is 1. The molecule has 24 heavy (non-hydrogen) atoms. The van der Waals surface area contributed by atoms with Gasteiger partial charge >= 0.3 is 0 Å². The fraction of sp³-hybridized carbons (Fsp3) is 0.167. The normalized spacial score (nSPS) is 10.6. The van der Waals surface area contributed by atoms with Crippen LogP contribution in [-0.2, 0) is 6.54 Å². The van der Waals surface area contributed by atoms with Crippen molar-refractivity contribution in [2.45, 2.75) is 20.4 Å². The Balaban J connectivity index is 1.87. The lowest BCUT2D eigenvalue weighted by Crippen LogP contribution is -2.07. The smallest absolute Gasteiger partial charge is 0.165 e. The van der Waals surface area contributed by atoms with E-state index in [0.717, 1.165) is 16.8 Å². The van der Waals surface area contributed by atoms with E-state index in [1.165, 1.54) is 12.1 Å². The number of rotatable bonds is 4. The number of phenols is 1. The predicted octanol–water partition coefficient (Wildman–Crippen LogP) is 3.61. The lowest BCUT2D eigenvalue weighted by Gasteiger charge is -2.12.